The Bertz CT molecular complexity index is 856. The quantitative estimate of drug-likeness (QED) is 0.764. The largest absolute Gasteiger partial charge is 0.484 e. The lowest BCUT2D eigenvalue weighted by Gasteiger charge is -2.30. The first-order chi connectivity index (χ1) is 13.8. The number of ether oxygens (including phenoxy) is 1. The Morgan fingerprint density at radius 1 is 1.00 bits per heavy atom. The van der Waals surface area contributed by atoms with Crippen molar-refractivity contribution < 1.29 is 14.3 Å². The Kier molecular flexibility index (Phi) is 6.42. The molecule has 3 rings (SSSR count). The molecule has 0 atom stereocenters. The average molecular weight is 396 g/mol. The molecule has 29 heavy (non-hydrogen) atoms. The number of hydrogen-bond donors (Lipinski definition) is 2. The third kappa shape index (κ3) is 5.73. The topological polar surface area (TPSA) is 70.7 Å². The van der Waals surface area contributed by atoms with Crippen LogP contribution < -0.4 is 20.5 Å². The van der Waals surface area contributed by atoms with E-state index in [9.17, 15) is 9.59 Å². The molecule has 2 amide bonds. The second kappa shape index (κ2) is 8.99. The SMILES string of the molecule is CC(C)(C)c1ccc(OCC(=O)NNC(=O)CN2CCCc3ccccc32)cc1. The van der Waals surface area contributed by atoms with Gasteiger partial charge in [-0.05, 0) is 47.6 Å². The number of hydrogen-bond acceptors (Lipinski definition) is 4. The van der Waals surface area contributed by atoms with Gasteiger partial charge >= 0.3 is 0 Å². The minimum absolute atomic E-state index is 0.0645. The number of para-hydroxylation sites is 1. The molecule has 0 bridgehead atoms. The second-order valence-electron chi connectivity index (χ2n) is 8.31. The standard InChI is InChI=1S/C23H29N3O3/c1-23(2,3)18-10-12-19(13-11-18)29-16-22(28)25-24-21(27)15-26-14-6-8-17-7-4-5-9-20(17)26/h4-5,7,9-13H,6,8,14-16H2,1-3H3,(H,24,27)(H,25,28). The summed E-state index contributed by atoms with van der Waals surface area (Å²) in [7, 11) is 0. The van der Waals surface area contributed by atoms with Crippen molar-refractivity contribution in [2.24, 2.45) is 0 Å². The van der Waals surface area contributed by atoms with Crippen molar-refractivity contribution in [1.29, 1.82) is 0 Å². The summed E-state index contributed by atoms with van der Waals surface area (Å²) in [6, 6.07) is 15.8. The number of nitrogens with zero attached hydrogens (tertiary/aromatic N) is 1. The molecule has 1 heterocycles. The van der Waals surface area contributed by atoms with Crippen molar-refractivity contribution in [3.63, 3.8) is 0 Å². The zero-order valence-corrected chi connectivity index (χ0v) is 17.3. The van der Waals surface area contributed by atoms with Crippen molar-refractivity contribution in [3.8, 4) is 5.75 Å². The van der Waals surface area contributed by atoms with Crippen LogP contribution in [0.4, 0.5) is 5.69 Å². The van der Waals surface area contributed by atoms with E-state index in [0.717, 1.165) is 25.1 Å². The fraction of sp³-hybridized carbons (Fsp3) is 0.391. The van der Waals surface area contributed by atoms with Crippen LogP contribution in [0.25, 0.3) is 0 Å². The fourth-order valence-corrected chi connectivity index (χ4v) is 3.36. The van der Waals surface area contributed by atoms with Crippen molar-refractivity contribution in [1.82, 2.24) is 10.9 Å². The Hall–Kier alpha value is -3.02. The minimum atomic E-state index is -0.405. The highest BCUT2D eigenvalue weighted by atomic mass is 16.5. The van der Waals surface area contributed by atoms with Crippen molar-refractivity contribution in [2.45, 2.75) is 39.0 Å². The molecule has 1 aliphatic heterocycles. The van der Waals surface area contributed by atoms with E-state index in [1.807, 2.05) is 47.4 Å². The van der Waals surface area contributed by atoms with Crippen molar-refractivity contribution in [3.05, 3.63) is 59.7 Å². The first kappa shape index (κ1) is 20.7. The third-order valence-corrected chi connectivity index (χ3v) is 4.97. The van der Waals surface area contributed by atoms with Crippen molar-refractivity contribution >= 4 is 17.5 Å². The Balaban J connectivity index is 1.42. The first-order valence-corrected chi connectivity index (χ1v) is 9.97. The van der Waals surface area contributed by atoms with Crippen LogP contribution >= 0.6 is 0 Å². The molecule has 0 fully saturated rings. The lowest BCUT2D eigenvalue weighted by atomic mass is 9.87. The highest BCUT2D eigenvalue weighted by Crippen LogP contribution is 2.26. The molecular weight excluding hydrogens is 366 g/mol. The molecule has 6 heteroatoms. The summed E-state index contributed by atoms with van der Waals surface area (Å²) in [5, 5.41) is 0. The van der Waals surface area contributed by atoms with E-state index in [4.69, 9.17) is 4.74 Å². The van der Waals surface area contributed by atoms with Gasteiger partial charge in [-0.15, -0.1) is 0 Å². The molecule has 0 aliphatic carbocycles. The summed E-state index contributed by atoms with van der Waals surface area (Å²) in [4.78, 5) is 26.2. The summed E-state index contributed by atoms with van der Waals surface area (Å²) in [5.41, 5.74) is 8.47. The monoisotopic (exact) mass is 395 g/mol. The van der Waals surface area contributed by atoms with Gasteiger partial charge in [-0.1, -0.05) is 51.1 Å². The molecule has 1 aliphatic rings. The first-order valence-electron chi connectivity index (χ1n) is 9.97. The fourth-order valence-electron chi connectivity index (χ4n) is 3.36. The number of nitrogens with one attached hydrogen (secondary N) is 2. The van der Waals surface area contributed by atoms with E-state index >= 15 is 0 Å². The van der Waals surface area contributed by atoms with Crippen molar-refractivity contribution in [2.75, 3.05) is 24.6 Å². The summed E-state index contributed by atoms with van der Waals surface area (Å²) in [6.07, 6.45) is 2.04. The molecule has 2 aromatic rings. The van der Waals surface area contributed by atoms with Gasteiger partial charge in [0.2, 0.25) is 0 Å². The molecule has 154 valence electrons. The number of fused-ring (bicyclic) bond motifs is 1. The number of rotatable bonds is 5. The summed E-state index contributed by atoms with van der Waals surface area (Å²) in [5.74, 6) is -0.0497. The van der Waals surface area contributed by atoms with Crippen LogP contribution in [-0.4, -0.2) is 31.5 Å². The van der Waals surface area contributed by atoms with Crippen LogP contribution in [0.3, 0.4) is 0 Å². The highest BCUT2D eigenvalue weighted by Gasteiger charge is 2.19. The lowest BCUT2D eigenvalue weighted by molar-refractivity contribution is -0.129. The molecule has 0 unspecified atom stereocenters. The summed E-state index contributed by atoms with van der Waals surface area (Å²) in [6.45, 7) is 7.28. The van der Waals surface area contributed by atoms with Gasteiger partial charge in [0.25, 0.3) is 11.8 Å². The number of benzene rings is 2. The van der Waals surface area contributed by atoms with E-state index in [1.165, 1.54) is 11.1 Å². The maximum absolute atomic E-state index is 12.2. The van der Waals surface area contributed by atoms with Gasteiger partial charge < -0.3 is 9.64 Å². The van der Waals surface area contributed by atoms with Crippen LogP contribution in [0.15, 0.2) is 48.5 Å². The van der Waals surface area contributed by atoms with Gasteiger partial charge in [0.1, 0.15) is 5.75 Å². The maximum Gasteiger partial charge on any atom is 0.276 e. The average Bonchev–Trinajstić information content (AvgIpc) is 2.71. The molecule has 6 nitrogen and oxygen atoms in total. The Morgan fingerprint density at radius 3 is 2.41 bits per heavy atom. The number of carbonyl (C=O) groups is 2. The van der Waals surface area contributed by atoms with Gasteiger partial charge in [-0.2, -0.15) is 0 Å². The van der Waals surface area contributed by atoms with Gasteiger partial charge in [-0.25, -0.2) is 0 Å². The van der Waals surface area contributed by atoms with Gasteiger partial charge in [0.05, 0.1) is 6.54 Å². The smallest absolute Gasteiger partial charge is 0.276 e. The molecule has 2 aromatic carbocycles. The van der Waals surface area contributed by atoms with E-state index in [2.05, 4.69) is 37.7 Å². The van der Waals surface area contributed by atoms with Gasteiger partial charge in [0.15, 0.2) is 6.61 Å². The number of amides is 2. The molecule has 2 N–H and O–H groups in total. The molecule has 0 saturated carbocycles. The number of aryl methyl sites for hydroxylation is 1. The van der Waals surface area contributed by atoms with Crippen LogP contribution in [0.1, 0.15) is 38.3 Å². The van der Waals surface area contributed by atoms with E-state index in [-0.39, 0.29) is 24.5 Å². The summed E-state index contributed by atoms with van der Waals surface area (Å²) >= 11 is 0. The molecule has 0 saturated heterocycles. The molecular formula is C23H29N3O3. The van der Waals surface area contributed by atoms with Crippen LogP contribution in [0.5, 0.6) is 5.75 Å². The minimum Gasteiger partial charge on any atom is -0.484 e. The molecule has 0 spiro atoms. The normalized spacial score (nSPS) is 13.4. The predicted molar refractivity (Wildman–Crippen MR) is 114 cm³/mol. The third-order valence-electron chi connectivity index (χ3n) is 4.97. The van der Waals surface area contributed by atoms with E-state index in [1.54, 1.807) is 0 Å². The zero-order chi connectivity index (χ0) is 20.9. The van der Waals surface area contributed by atoms with E-state index < -0.39 is 5.91 Å². The van der Waals surface area contributed by atoms with Gasteiger partial charge in [-0.3, -0.25) is 20.4 Å². The van der Waals surface area contributed by atoms with Gasteiger partial charge in [0, 0.05) is 12.2 Å². The number of anilines is 1. The van der Waals surface area contributed by atoms with Crippen LogP contribution in [0.2, 0.25) is 0 Å². The highest BCUT2D eigenvalue weighted by molar-refractivity contribution is 5.85. The summed E-state index contributed by atoms with van der Waals surface area (Å²) < 4.78 is 5.49. The van der Waals surface area contributed by atoms with Crippen LogP contribution in [-0.2, 0) is 21.4 Å². The molecule has 0 radical (unpaired) electrons. The maximum atomic E-state index is 12.2. The Labute approximate surface area is 172 Å². The van der Waals surface area contributed by atoms with E-state index in [0.29, 0.717) is 5.75 Å². The lowest BCUT2D eigenvalue weighted by Crippen LogP contribution is -2.48. The zero-order valence-electron chi connectivity index (χ0n) is 17.3. The molecule has 0 aromatic heterocycles. The second-order valence-corrected chi connectivity index (χ2v) is 8.31. The van der Waals surface area contributed by atoms with Crippen LogP contribution in [0, 0.1) is 0 Å². The Morgan fingerprint density at radius 2 is 1.69 bits per heavy atom. The number of hydrazine groups is 1. The predicted octanol–water partition coefficient (Wildman–Crippen LogP) is 2.96. The number of carbonyl (C=O) groups excluding carboxylic acids is 2.